The first-order chi connectivity index (χ1) is 16.8. The molecule has 1 aliphatic heterocycles. The van der Waals surface area contributed by atoms with E-state index in [1.165, 1.54) is 10.4 Å². The van der Waals surface area contributed by atoms with Gasteiger partial charge >= 0.3 is 0 Å². The maximum absolute atomic E-state index is 13.5. The zero-order valence-electron chi connectivity index (χ0n) is 19.5. The molecular formula is C26H27N3O5S. The number of ether oxygens (including phenoxy) is 1. The van der Waals surface area contributed by atoms with E-state index >= 15 is 0 Å². The van der Waals surface area contributed by atoms with Gasteiger partial charge in [0.15, 0.2) is 0 Å². The summed E-state index contributed by atoms with van der Waals surface area (Å²) < 4.78 is 33.5. The van der Waals surface area contributed by atoms with Crippen molar-refractivity contribution in [3.63, 3.8) is 0 Å². The molecule has 0 saturated carbocycles. The van der Waals surface area contributed by atoms with Crippen LogP contribution in [0.5, 0.6) is 5.75 Å². The topological polar surface area (TPSA) is 96.0 Å². The molecule has 9 heteroatoms. The number of rotatable bonds is 8. The normalized spacial score (nSPS) is 15.7. The third-order valence-corrected chi connectivity index (χ3v) is 7.89. The number of hydrogen-bond acceptors (Lipinski definition) is 5. The molecule has 1 N–H and O–H groups in total. The van der Waals surface area contributed by atoms with Gasteiger partial charge in [-0.1, -0.05) is 30.3 Å². The van der Waals surface area contributed by atoms with Gasteiger partial charge in [-0.2, -0.15) is 0 Å². The third kappa shape index (κ3) is 5.00. The molecule has 35 heavy (non-hydrogen) atoms. The largest absolute Gasteiger partial charge is 0.497 e. The van der Waals surface area contributed by atoms with Crippen LogP contribution in [0.2, 0.25) is 0 Å². The Morgan fingerprint density at radius 3 is 2.34 bits per heavy atom. The number of nitrogens with one attached hydrogen (secondary N) is 1. The molecule has 3 aromatic carbocycles. The first kappa shape index (κ1) is 24.3. The van der Waals surface area contributed by atoms with Crippen LogP contribution in [0.25, 0.3) is 0 Å². The fraction of sp³-hybridized carbons (Fsp3) is 0.231. The van der Waals surface area contributed by atoms with Gasteiger partial charge in [0.1, 0.15) is 10.6 Å². The van der Waals surface area contributed by atoms with Crippen molar-refractivity contribution in [1.82, 2.24) is 0 Å². The summed E-state index contributed by atoms with van der Waals surface area (Å²) in [5, 5.41) is 2.76. The molecule has 2 amide bonds. The summed E-state index contributed by atoms with van der Waals surface area (Å²) in [6.07, 6.45) is 0.0396. The number of methoxy groups -OCH3 is 1. The number of sulfonamides is 1. The van der Waals surface area contributed by atoms with Crippen molar-refractivity contribution in [3.8, 4) is 5.75 Å². The lowest BCUT2D eigenvalue weighted by atomic mass is 10.1. The van der Waals surface area contributed by atoms with Gasteiger partial charge in [-0.15, -0.1) is 0 Å². The molecule has 4 rings (SSSR count). The van der Waals surface area contributed by atoms with Crippen molar-refractivity contribution < 1.29 is 22.7 Å². The SMILES string of the molecule is CCN(c1ccccc1)S(=O)(=O)c1ccccc1NC(=O)C1CC(=O)N(c2ccc(OC)cc2)C1. The minimum Gasteiger partial charge on any atom is -0.497 e. The van der Waals surface area contributed by atoms with Gasteiger partial charge in [0.25, 0.3) is 10.0 Å². The number of para-hydroxylation sites is 2. The Balaban J connectivity index is 1.54. The van der Waals surface area contributed by atoms with E-state index in [1.54, 1.807) is 85.7 Å². The van der Waals surface area contributed by atoms with Gasteiger partial charge < -0.3 is 15.0 Å². The van der Waals surface area contributed by atoms with Gasteiger partial charge in [0.05, 0.1) is 24.4 Å². The average Bonchev–Trinajstić information content (AvgIpc) is 3.27. The number of carbonyl (C=O) groups excluding carboxylic acids is 2. The Morgan fingerprint density at radius 2 is 1.69 bits per heavy atom. The predicted octanol–water partition coefficient (Wildman–Crippen LogP) is 3.90. The minimum atomic E-state index is -3.95. The highest BCUT2D eigenvalue weighted by Crippen LogP contribution is 2.31. The van der Waals surface area contributed by atoms with E-state index < -0.39 is 21.8 Å². The molecule has 1 saturated heterocycles. The lowest BCUT2D eigenvalue weighted by molar-refractivity contribution is -0.122. The highest BCUT2D eigenvalue weighted by Gasteiger charge is 2.36. The van der Waals surface area contributed by atoms with Crippen LogP contribution in [0.15, 0.2) is 83.8 Å². The van der Waals surface area contributed by atoms with Gasteiger partial charge in [-0.3, -0.25) is 13.9 Å². The second kappa shape index (κ2) is 10.2. The standard InChI is InChI=1S/C26H27N3O5S/c1-3-29(21-9-5-4-6-10-21)35(32,33)24-12-8-7-11-23(24)27-26(31)19-17-25(30)28(18-19)20-13-15-22(34-2)16-14-20/h4-16,19H,3,17-18H2,1-2H3,(H,27,31). The molecule has 182 valence electrons. The number of hydrogen-bond donors (Lipinski definition) is 1. The van der Waals surface area contributed by atoms with E-state index in [9.17, 15) is 18.0 Å². The predicted molar refractivity (Wildman–Crippen MR) is 135 cm³/mol. The zero-order chi connectivity index (χ0) is 25.0. The molecule has 1 atom stereocenters. The summed E-state index contributed by atoms with van der Waals surface area (Å²) in [5.41, 5.74) is 1.39. The molecule has 1 fully saturated rings. The third-order valence-electron chi connectivity index (χ3n) is 5.92. The first-order valence-electron chi connectivity index (χ1n) is 11.3. The van der Waals surface area contributed by atoms with Gasteiger partial charge in [-0.05, 0) is 55.5 Å². The quantitative estimate of drug-likeness (QED) is 0.513. The number of anilines is 3. The number of nitrogens with zero attached hydrogens (tertiary/aromatic N) is 2. The molecule has 0 aromatic heterocycles. The first-order valence-corrected chi connectivity index (χ1v) is 12.7. The van der Waals surface area contributed by atoms with E-state index in [0.717, 1.165) is 0 Å². The number of carbonyl (C=O) groups is 2. The summed E-state index contributed by atoms with van der Waals surface area (Å²) in [7, 11) is -2.38. The van der Waals surface area contributed by atoms with Crippen LogP contribution in [0, 0.1) is 5.92 Å². The summed E-state index contributed by atoms with van der Waals surface area (Å²) in [5.74, 6) is -0.516. The molecule has 1 heterocycles. The maximum atomic E-state index is 13.5. The molecule has 3 aromatic rings. The van der Waals surface area contributed by atoms with Crippen molar-refractivity contribution in [1.29, 1.82) is 0 Å². The molecule has 0 bridgehead atoms. The highest BCUT2D eigenvalue weighted by atomic mass is 32.2. The van der Waals surface area contributed by atoms with Crippen LogP contribution in [-0.2, 0) is 19.6 Å². The lowest BCUT2D eigenvalue weighted by Gasteiger charge is -2.24. The van der Waals surface area contributed by atoms with Crippen LogP contribution in [-0.4, -0.2) is 40.4 Å². The zero-order valence-corrected chi connectivity index (χ0v) is 20.4. The summed E-state index contributed by atoms with van der Waals surface area (Å²) >= 11 is 0. The molecule has 1 aliphatic rings. The minimum absolute atomic E-state index is 0.00427. The van der Waals surface area contributed by atoms with Crippen LogP contribution < -0.4 is 19.3 Å². The smallest absolute Gasteiger partial charge is 0.266 e. The Labute approximate surface area is 205 Å². The van der Waals surface area contributed by atoms with Crippen molar-refractivity contribution >= 4 is 38.9 Å². The van der Waals surface area contributed by atoms with Crippen molar-refractivity contribution in [3.05, 3.63) is 78.9 Å². The Kier molecular flexibility index (Phi) is 7.07. The molecule has 0 radical (unpaired) electrons. The van der Waals surface area contributed by atoms with Gasteiger partial charge in [0.2, 0.25) is 11.8 Å². The molecule has 1 unspecified atom stereocenters. The van der Waals surface area contributed by atoms with Gasteiger partial charge in [0, 0.05) is 25.2 Å². The Morgan fingerprint density at radius 1 is 1.03 bits per heavy atom. The van der Waals surface area contributed by atoms with Crippen molar-refractivity contribution in [2.75, 3.05) is 34.7 Å². The highest BCUT2D eigenvalue weighted by molar-refractivity contribution is 7.93. The monoisotopic (exact) mass is 493 g/mol. The number of amides is 2. The van der Waals surface area contributed by atoms with Crippen LogP contribution >= 0.6 is 0 Å². The fourth-order valence-corrected chi connectivity index (χ4v) is 5.75. The van der Waals surface area contributed by atoms with E-state index in [1.807, 2.05) is 6.07 Å². The van der Waals surface area contributed by atoms with Crippen molar-refractivity contribution in [2.24, 2.45) is 5.92 Å². The van der Waals surface area contributed by atoms with Crippen molar-refractivity contribution in [2.45, 2.75) is 18.2 Å². The second-order valence-electron chi connectivity index (χ2n) is 8.09. The van der Waals surface area contributed by atoms with Crippen LogP contribution in [0.1, 0.15) is 13.3 Å². The maximum Gasteiger partial charge on any atom is 0.266 e. The molecular weight excluding hydrogens is 466 g/mol. The fourth-order valence-electron chi connectivity index (χ4n) is 4.13. The number of benzene rings is 3. The Bertz CT molecular complexity index is 1310. The molecule has 0 spiro atoms. The van der Waals surface area contributed by atoms with E-state index in [0.29, 0.717) is 17.1 Å². The molecule has 0 aliphatic carbocycles. The summed E-state index contributed by atoms with van der Waals surface area (Å²) in [6, 6.07) is 22.1. The van der Waals surface area contributed by atoms with Crippen LogP contribution in [0.3, 0.4) is 0 Å². The van der Waals surface area contributed by atoms with E-state index in [4.69, 9.17) is 4.74 Å². The average molecular weight is 494 g/mol. The summed E-state index contributed by atoms with van der Waals surface area (Å²) in [4.78, 5) is 27.3. The Hall–Kier alpha value is -3.85. The van der Waals surface area contributed by atoms with Crippen LogP contribution in [0.4, 0.5) is 17.1 Å². The van der Waals surface area contributed by atoms with Gasteiger partial charge in [-0.25, -0.2) is 8.42 Å². The second-order valence-corrected chi connectivity index (χ2v) is 9.92. The van der Waals surface area contributed by atoms with E-state index in [2.05, 4.69) is 5.32 Å². The lowest BCUT2D eigenvalue weighted by Crippen LogP contribution is -2.32. The molecule has 8 nitrogen and oxygen atoms in total. The van der Waals surface area contributed by atoms with E-state index in [-0.39, 0.29) is 36.0 Å². The summed E-state index contributed by atoms with van der Waals surface area (Å²) in [6.45, 7) is 2.18.